The molecule has 0 saturated carbocycles. The first kappa shape index (κ1) is 13.9. The van der Waals surface area contributed by atoms with Crippen molar-refractivity contribution in [1.82, 2.24) is 0 Å². The van der Waals surface area contributed by atoms with Crippen molar-refractivity contribution in [1.29, 1.82) is 0 Å². The van der Waals surface area contributed by atoms with Gasteiger partial charge >= 0.3 is 0 Å². The summed E-state index contributed by atoms with van der Waals surface area (Å²) < 4.78 is 36.9. The fourth-order valence-electron chi connectivity index (χ4n) is 1.39. The molecule has 1 aliphatic rings. The Bertz CT molecular complexity index is 274. The number of nitrogens with two attached hydrogens (primary N) is 1. The summed E-state index contributed by atoms with van der Waals surface area (Å²) in [6.07, 6.45) is 2.07. The first-order valence-corrected chi connectivity index (χ1v) is 7.07. The Morgan fingerprint density at radius 1 is 1.19 bits per heavy atom. The highest BCUT2D eigenvalue weighted by atomic mass is 32.2. The van der Waals surface area contributed by atoms with Crippen LogP contribution < -0.4 is 5.14 Å². The van der Waals surface area contributed by atoms with E-state index in [0.29, 0.717) is 13.2 Å². The minimum absolute atomic E-state index is 0.121. The van der Waals surface area contributed by atoms with Crippen LogP contribution in [0, 0.1) is 0 Å². The Balaban J connectivity index is 1.91. The molecule has 6 nitrogen and oxygen atoms in total. The van der Waals surface area contributed by atoms with E-state index < -0.39 is 10.0 Å². The number of sulfonamides is 1. The van der Waals surface area contributed by atoms with Gasteiger partial charge in [0.2, 0.25) is 10.0 Å². The third kappa shape index (κ3) is 7.13. The standard InChI is InChI=1S/C9H19NO5S/c10-16(11,12)8-7-14-5-6-15-9-1-3-13-4-2-9/h9H,1-8H2,(H2,10,11,12). The normalized spacial score (nSPS) is 18.8. The van der Waals surface area contributed by atoms with Gasteiger partial charge in [0.1, 0.15) is 0 Å². The maximum atomic E-state index is 10.6. The summed E-state index contributed by atoms with van der Waals surface area (Å²) in [4.78, 5) is 0. The summed E-state index contributed by atoms with van der Waals surface area (Å²) in [5.41, 5.74) is 0. The second-order valence-corrected chi connectivity index (χ2v) is 5.40. The lowest BCUT2D eigenvalue weighted by Crippen LogP contribution is -2.25. The predicted molar refractivity (Wildman–Crippen MR) is 58.6 cm³/mol. The van der Waals surface area contributed by atoms with Gasteiger partial charge in [-0.3, -0.25) is 0 Å². The fraction of sp³-hybridized carbons (Fsp3) is 1.00. The molecule has 0 aliphatic carbocycles. The van der Waals surface area contributed by atoms with Crippen molar-refractivity contribution < 1.29 is 22.6 Å². The number of hydrogen-bond acceptors (Lipinski definition) is 5. The van der Waals surface area contributed by atoms with E-state index in [4.69, 9.17) is 19.3 Å². The van der Waals surface area contributed by atoms with Gasteiger partial charge in [0.05, 0.1) is 31.7 Å². The van der Waals surface area contributed by atoms with Crippen LogP contribution in [-0.2, 0) is 24.2 Å². The van der Waals surface area contributed by atoms with Crippen molar-refractivity contribution in [3.63, 3.8) is 0 Å². The molecule has 0 amide bonds. The predicted octanol–water partition coefficient (Wildman–Crippen LogP) is -0.513. The van der Waals surface area contributed by atoms with E-state index in [9.17, 15) is 8.42 Å². The lowest BCUT2D eigenvalue weighted by molar-refractivity contribution is -0.0482. The molecule has 0 spiro atoms. The van der Waals surface area contributed by atoms with Gasteiger partial charge in [-0.15, -0.1) is 0 Å². The third-order valence-corrected chi connectivity index (χ3v) is 3.00. The van der Waals surface area contributed by atoms with Gasteiger partial charge in [-0.05, 0) is 12.8 Å². The molecule has 1 heterocycles. The second kappa shape index (κ2) is 7.18. The average molecular weight is 253 g/mol. The molecule has 1 rings (SSSR count). The average Bonchev–Trinajstić information content (AvgIpc) is 2.23. The van der Waals surface area contributed by atoms with Crippen LogP contribution >= 0.6 is 0 Å². The third-order valence-electron chi connectivity index (χ3n) is 2.26. The van der Waals surface area contributed by atoms with Crippen LogP contribution in [0.25, 0.3) is 0 Å². The smallest absolute Gasteiger partial charge is 0.211 e. The lowest BCUT2D eigenvalue weighted by Gasteiger charge is -2.22. The molecule has 0 aromatic rings. The highest BCUT2D eigenvalue weighted by Gasteiger charge is 2.13. The zero-order chi connectivity index (χ0) is 11.9. The minimum atomic E-state index is -3.41. The van der Waals surface area contributed by atoms with E-state index in [1.807, 2.05) is 0 Å². The largest absolute Gasteiger partial charge is 0.381 e. The molecule has 1 aliphatic heterocycles. The van der Waals surface area contributed by atoms with Crippen LogP contribution in [-0.4, -0.2) is 53.3 Å². The molecule has 7 heteroatoms. The van der Waals surface area contributed by atoms with E-state index in [0.717, 1.165) is 26.1 Å². The zero-order valence-corrected chi connectivity index (χ0v) is 10.1. The quantitative estimate of drug-likeness (QED) is 0.617. The molecule has 0 unspecified atom stereocenters. The van der Waals surface area contributed by atoms with Crippen molar-refractivity contribution in [2.45, 2.75) is 18.9 Å². The topological polar surface area (TPSA) is 87.9 Å². The van der Waals surface area contributed by atoms with Crippen LogP contribution in [0.15, 0.2) is 0 Å². The second-order valence-electron chi connectivity index (χ2n) is 3.66. The van der Waals surface area contributed by atoms with Gasteiger partial charge in [0.25, 0.3) is 0 Å². The lowest BCUT2D eigenvalue weighted by atomic mass is 10.2. The summed E-state index contributed by atoms with van der Waals surface area (Å²) in [7, 11) is -3.41. The summed E-state index contributed by atoms with van der Waals surface area (Å²) in [5, 5.41) is 4.81. The number of ether oxygens (including phenoxy) is 3. The summed E-state index contributed by atoms with van der Waals surface area (Å²) in [6.45, 7) is 2.49. The molecule has 0 bridgehead atoms. The Kier molecular flexibility index (Phi) is 6.22. The molecule has 96 valence electrons. The van der Waals surface area contributed by atoms with E-state index in [-0.39, 0.29) is 18.5 Å². The van der Waals surface area contributed by atoms with Gasteiger partial charge in [0, 0.05) is 13.2 Å². The van der Waals surface area contributed by atoms with Crippen molar-refractivity contribution in [3.05, 3.63) is 0 Å². The monoisotopic (exact) mass is 253 g/mol. The highest BCUT2D eigenvalue weighted by molar-refractivity contribution is 7.89. The van der Waals surface area contributed by atoms with Gasteiger partial charge < -0.3 is 14.2 Å². The van der Waals surface area contributed by atoms with Gasteiger partial charge in [0.15, 0.2) is 0 Å². The maximum Gasteiger partial charge on any atom is 0.211 e. The number of primary sulfonamides is 1. The Hall–Kier alpha value is -0.210. The SMILES string of the molecule is NS(=O)(=O)CCOCCOC1CCOCC1. The fourth-order valence-corrected chi connectivity index (χ4v) is 1.74. The molecule has 2 N–H and O–H groups in total. The van der Waals surface area contributed by atoms with Crippen molar-refractivity contribution in [3.8, 4) is 0 Å². The van der Waals surface area contributed by atoms with Crippen LogP contribution in [0.5, 0.6) is 0 Å². The Morgan fingerprint density at radius 3 is 2.50 bits per heavy atom. The van der Waals surface area contributed by atoms with Crippen molar-refractivity contribution >= 4 is 10.0 Å². The van der Waals surface area contributed by atoms with Gasteiger partial charge in [-0.1, -0.05) is 0 Å². The molecule has 0 aromatic heterocycles. The summed E-state index contributed by atoms with van der Waals surface area (Å²) >= 11 is 0. The minimum Gasteiger partial charge on any atom is -0.381 e. The summed E-state index contributed by atoms with van der Waals surface area (Å²) in [5.74, 6) is -0.149. The Morgan fingerprint density at radius 2 is 1.88 bits per heavy atom. The number of hydrogen-bond donors (Lipinski definition) is 1. The van der Waals surface area contributed by atoms with Crippen LogP contribution in [0.2, 0.25) is 0 Å². The molecule has 16 heavy (non-hydrogen) atoms. The van der Waals surface area contributed by atoms with E-state index >= 15 is 0 Å². The molecule has 0 aromatic carbocycles. The highest BCUT2D eigenvalue weighted by Crippen LogP contribution is 2.09. The van der Waals surface area contributed by atoms with E-state index in [2.05, 4.69) is 0 Å². The van der Waals surface area contributed by atoms with Gasteiger partial charge in [-0.25, -0.2) is 13.6 Å². The van der Waals surface area contributed by atoms with Crippen LogP contribution in [0.4, 0.5) is 0 Å². The first-order chi connectivity index (χ1) is 7.58. The van der Waals surface area contributed by atoms with E-state index in [1.165, 1.54) is 0 Å². The first-order valence-electron chi connectivity index (χ1n) is 5.35. The van der Waals surface area contributed by atoms with Crippen LogP contribution in [0.1, 0.15) is 12.8 Å². The van der Waals surface area contributed by atoms with Crippen molar-refractivity contribution in [2.24, 2.45) is 5.14 Å². The Labute approximate surface area is 96.1 Å². The molecule has 1 fully saturated rings. The number of rotatable bonds is 7. The summed E-state index contributed by atoms with van der Waals surface area (Å²) in [6, 6.07) is 0. The van der Waals surface area contributed by atoms with Crippen LogP contribution in [0.3, 0.4) is 0 Å². The van der Waals surface area contributed by atoms with Crippen molar-refractivity contribution in [2.75, 3.05) is 38.8 Å². The van der Waals surface area contributed by atoms with Gasteiger partial charge in [-0.2, -0.15) is 0 Å². The molecular formula is C9H19NO5S. The van der Waals surface area contributed by atoms with E-state index in [1.54, 1.807) is 0 Å². The molecule has 1 saturated heterocycles. The molecule has 0 atom stereocenters. The maximum absolute atomic E-state index is 10.6. The zero-order valence-electron chi connectivity index (χ0n) is 9.26. The molecule has 0 radical (unpaired) electrons. The molecular weight excluding hydrogens is 234 g/mol.